The van der Waals surface area contributed by atoms with Crippen LogP contribution in [0.3, 0.4) is 0 Å². The molecule has 1 aliphatic rings. The molecule has 1 aromatic rings. The number of halogens is 1. The van der Waals surface area contributed by atoms with Crippen LogP contribution in [0.4, 0.5) is 5.95 Å². The Balaban J connectivity index is 2.28. The van der Waals surface area contributed by atoms with Gasteiger partial charge < -0.3 is 10.7 Å². The first-order valence-corrected chi connectivity index (χ1v) is 4.77. The van der Waals surface area contributed by atoms with Crippen LogP contribution in [0.5, 0.6) is 0 Å². The molecule has 0 saturated carbocycles. The van der Waals surface area contributed by atoms with Gasteiger partial charge in [0.05, 0.1) is 16.5 Å². The molecule has 0 aliphatic carbocycles. The van der Waals surface area contributed by atoms with Gasteiger partial charge in [-0.3, -0.25) is 4.99 Å². The molecule has 0 spiro atoms. The number of rotatable bonds is 1. The summed E-state index contributed by atoms with van der Waals surface area (Å²) in [5.74, 6) is 0.449. The number of nitrogen functional groups attached to an aromatic ring is 1. The number of hydrogen-bond donors (Lipinski definition) is 2. The molecule has 0 aromatic carbocycles. The highest BCUT2D eigenvalue weighted by Crippen LogP contribution is 2.23. The van der Waals surface area contributed by atoms with Gasteiger partial charge >= 0.3 is 0 Å². The SMILES string of the molecule is Nc1ncc(C2=CN=C(Br)CC2)[nH]1. The fourth-order valence-corrected chi connectivity index (χ4v) is 1.52. The van der Waals surface area contributed by atoms with E-state index in [1.807, 2.05) is 6.20 Å². The maximum absolute atomic E-state index is 5.47. The zero-order valence-corrected chi connectivity index (χ0v) is 8.50. The summed E-state index contributed by atoms with van der Waals surface area (Å²) in [4.78, 5) is 11.1. The molecule has 68 valence electrons. The Hall–Kier alpha value is -1.10. The van der Waals surface area contributed by atoms with Crippen LogP contribution in [-0.4, -0.2) is 14.6 Å². The average Bonchev–Trinajstić information content (AvgIpc) is 2.53. The quantitative estimate of drug-likeness (QED) is 0.788. The lowest BCUT2D eigenvalue weighted by Gasteiger charge is -2.07. The number of anilines is 1. The van der Waals surface area contributed by atoms with Gasteiger partial charge in [-0.2, -0.15) is 0 Å². The monoisotopic (exact) mass is 240 g/mol. The number of imidazole rings is 1. The van der Waals surface area contributed by atoms with E-state index in [0.717, 1.165) is 28.7 Å². The van der Waals surface area contributed by atoms with Crippen molar-refractivity contribution in [3.63, 3.8) is 0 Å². The summed E-state index contributed by atoms with van der Waals surface area (Å²) >= 11 is 3.35. The molecular formula is C8H9BrN4. The van der Waals surface area contributed by atoms with Crippen molar-refractivity contribution in [2.45, 2.75) is 12.8 Å². The maximum atomic E-state index is 5.47. The first-order valence-electron chi connectivity index (χ1n) is 3.98. The molecule has 2 rings (SSSR count). The van der Waals surface area contributed by atoms with Gasteiger partial charge in [0, 0.05) is 12.6 Å². The molecule has 2 heterocycles. The van der Waals surface area contributed by atoms with E-state index in [0.29, 0.717) is 5.95 Å². The molecule has 1 aliphatic heterocycles. The first kappa shape index (κ1) is 8.50. The largest absolute Gasteiger partial charge is 0.369 e. The number of H-pyrrole nitrogens is 1. The Labute approximate surface area is 84.1 Å². The average molecular weight is 241 g/mol. The predicted molar refractivity (Wildman–Crippen MR) is 56.6 cm³/mol. The lowest BCUT2D eigenvalue weighted by molar-refractivity contribution is 1.08. The number of allylic oxidation sites excluding steroid dienone is 1. The van der Waals surface area contributed by atoms with E-state index in [9.17, 15) is 0 Å². The summed E-state index contributed by atoms with van der Waals surface area (Å²) in [5, 5.41) is 0. The number of aromatic nitrogens is 2. The van der Waals surface area contributed by atoms with Crippen molar-refractivity contribution in [2.24, 2.45) is 4.99 Å². The Bertz CT molecular complexity index is 377. The molecule has 1 aromatic heterocycles. The molecule has 0 amide bonds. The molecule has 4 nitrogen and oxygen atoms in total. The fraction of sp³-hybridized carbons (Fsp3) is 0.250. The predicted octanol–water partition coefficient (Wildman–Crippen LogP) is 1.92. The van der Waals surface area contributed by atoms with E-state index >= 15 is 0 Å². The van der Waals surface area contributed by atoms with Crippen molar-refractivity contribution in [1.29, 1.82) is 0 Å². The molecule has 0 radical (unpaired) electrons. The lowest BCUT2D eigenvalue weighted by atomic mass is 10.1. The minimum absolute atomic E-state index is 0.449. The van der Waals surface area contributed by atoms with Crippen LogP contribution in [0.15, 0.2) is 17.4 Å². The van der Waals surface area contributed by atoms with E-state index in [1.165, 1.54) is 0 Å². The molecule has 5 heteroatoms. The van der Waals surface area contributed by atoms with E-state index in [4.69, 9.17) is 5.73 Å². The molecule has 13 heavy (non-hydrogen) atoms. The molecule has 0 atom stereocenters. The Morgan fingerprint density at radius 2 is 2.31 bits per heavy atom. The van der Waals surface area contributed by atoms with Crippen LogP contribution >= 0.6 is 15.9 Å². The van der Waals surface area contributed by atoms with E-state index in [2.05, 4.69) is 30.9 Å². The zero-order valence-electron chi connectivity index (χ0n) is 6.92. The Morgan fingerprint density at radius 3 is 2.85 bits per heavy atom. The summed E-state index contributed by atoms with van der Waals surface area (Å²) in [6.07, 6.45) is 5.47. The van der Waals surface area contributed by atoms with Crippen molar-refractivity contribution < 1.29 is 0 Å². The van der Waals surface area contributed by atoms with Crippen LogP contribution in [0.25, 0.3) is 5.57 Å². The van der Waals surface area contributed by atoms with Gasteiger partial charge in [0.1, 0.15) is 0 Å². The minimum Gasteiger partial charge on any atom is -0.369 e. The number of aromatic amines is 1. The molecule has 0 saturated heterocycles. The second kappa shape index (κ2) is 3.33. The molecule has 0 fully saturated rings. The summed E-state index contributed by atoms with van der Waals surface area (Å²) in [6.45, 7) is 0. The summed E-state index contributed by atoms with van der Waals surface area (Å²) in [5.41, 5.74) is 7.58. The van der Waals surface area contributed by atoms with E-state index < -0.39 is 0 Å². The number of nitrogens with one attached hydrogen (secondary N) is 1. The highest BCUT2D eigenvalue weighted by molar-refractivity contribution is 9.18. The van der Waals surface area contributed by atoms with Crippen LogP contribution in [-0.2, 0) is 0 Å². The van der Waals surface area contributed by atoms with Crippen LogP contribution < -0.4 is 5.73 Å². The van der Waals surface area contributed by atoms with Gasteiger partial charge in [-0.25, -0.2) is 4.98 Å². The number of aliphatic imine (C=N–C) groups is 1. The molecule has 3 N–H and O–H groups in total. The van der Waals surface area contributed by atoms with Crippen LogP contribution in [0.1, 0.15) is 18.5 Å². The summed E-state index contributed by atoms with van der Waals surface area (Å²) in [6, 6.07) is 0. The second-order valence-electron chi connectivity index (χ2n) is 2.84. The van der Waals surface area contributed by atoms with Crippen LogP contribution in [0, 0.1) is 0 Å². The second-order valence-corrected chi connectivity index (χ2v) is 3.76. The van der Waals surface area contributed by atoms with Crippen LogP contribution in [0.2, 0.25) is 0 Å². The molecular weight excluding hydrogens is 232 g/mol. The number of nitrogens with zero attached hydrogens (tertiary/aromatic N) is 2. The zero-order chi connectivity index (χ0) is 9.26. The fourth-order valence-electron chi connectivity index (χ4n) is 1.22. The highest BCUT2D eigenvalue weighted by atomic mass is 79.9. The topological polar surface area (TPSA) is 67.1 Å². The number of nitrogens with two attached hydrogens (primary N) is 1. The third kappa shape index (κ3) is 1.80. The number of hydrogen-bond acceptors (Lipinski definition) is 3. The van der Waals surface area contributed by atoms with Crippen molar-refractivity contribution in [3.8, 4) is 0 Å². The third-order valence-electron chi connectivity index (χ3n) is 1.90. The van der Waals surface area contributed by atoms with Gasteiger partial charge in [0.2, 0.25) is 0 Å². The van der Waals surface area contributed by atoms with Gasteiger partial charge in [0.25, 0.3) is 0 Å². The smallest absolute Gasteiger partial charge is 0.197 e. The normalized spacial score (nSPS) is 16.7. The van der Waals surface area contributed by atoms with E-state index in [-0.39, 0.29) is 0 Å². The van der Waals surface area contributed by atoms with Gasteiger partial charge in [0.15, 0.2) is 5.95 Å². The molecule has 0 bridgehead atoms. The van der Waals surface area contributed by atoms with Crippen molar-refractivity contribution in [2.75, 3.05) is 5.73 Å². The van der Waals surface area contributed by atoms with Crippen molar-refractivity contribution >= 4 is 32.1 Å². The third-order valence-corrected chi connectivity index (χ3v) is 2.50. The van der Waals surface area contributed by atoms with Gasteiger partial charge in [-0.15, -0.1) is 0 Å². The maximum Gasteiger partial charge on any atom is 0.197 e. The Morgan fingerprint density at radius 1 is 1.46 bits per heavy atom. The highest BCUT2D eigenvalue weighted by Gasteiger charge is 2.09. The van der Waals surface area contributed by atoms with Crippen molar-refractivity contribution in [1.82, 2.24) is 9.97 Å². The minimum atomic E-state index is 0.449. The van der Waals surface area contributed by atoms with Gasteiger partial charge in [-0.05, 0) is 27.9 Å². The first-order chi connectivity index (χ1) is 6.25. The summed E-state index contributed by atoms with van der Waals surface area (Å²) in [7, 11) is 0. The Kier molecular flexibility index (Phi) is 2.18. The molecule has 0 unspecified atom stereocenters. The lowest BCUT2D eigenvalue weighted by Crippen LogP contribution is -1.96. The van der Waals surface area contributed by atoms with E-state index in [1.54, 1.807) is 6.20 Å². The summed E-state index contributed by atoms with van der Waals surface area (Å²) < 4.78 is 0.990. The van der Waals surface area contributed by atoms with Crippen molar-refractivity contribution in [3.05, 3.63) is 18.1 Å². The standard InChI is InChI=1S/C8H9BrN4/c9-7-2-1-5(3-11-7)6-4-12-8(10)13-6/h3-4H,1-2H2,(H3,10,12,13). The van der Waals surface area contributed by atoms with Gasteiger partial charge in [-0.1, -0.05) is 0 Å².